The first-order valence-electron chi connectivity index (χ1n) is 1.88. The summed E-state index contributed by atoms with van der Waals surface area (Å²) in [4.78, 5) is 0. The Balaban J connectivity index is 4.40. The van der Waals surface area contributed by atoms with E-state index in [-0.39, 0.29) is 0 Å². The predicted octanol–water partition coefficient (Wildman–Crippen LogP) is -0.303. The average Bonchev–Trinajstić information content (AvgIpc) is 1.67. The quantitative estimate of drug-likeness (QED) is 0.565. The molecule has 1 atom stereocenters. The number of sulfone groups is 1. The summed E-state index contributed by atoms with van der Waals surface area (Å²) >= 11 is 0. The highest BCUT2D eigenvalue weighted by Crippen LogP contribution is 1.95. The second kappa shape index (κ2) is 2.28. The van der Waals surface area contributed by atoms with Gasteiger partial charge in [-0.25, -0.2) is 8.42 Å². The third-order valence-corrected chi connectivity index (χ3v) is 1.83. The normalized spacial score (nSPS) is 15.2. The number of rotatable bonds is 2. The summed E-state index contributed by atoms with van der Waals surface area (Å²) in [6.07, 6.45) is 0. The number of hydrogen-bond donors (Lipinski definition) is 1. The van der Waals surface area contributed by atoms with Gasteiger partial charge in [0.05, 0.1) is 0 Å². The van der Waals surface area contributed by atoms with Gasteiger partial charge in [-0.05, 0) is 6.92 Å². The van der Waals surface area contributed by atoms with Crippen molar-refractivity contribution in [3.63, 3.8) is 0 Å². The van der Waals surface area contributed by atoms with Crippen molar-refractivity contribution < 1.29 is 13.5 Å². The van der Waals surface area contributed by atoms with Crippen molar-refractivity contribution in [3.05, 3.63) is 18.9 Å². The van der Waals surface area contributed by atoms with E-state index in [1.165, 1.54) is 0 Å². The molecule has 1 radical (unpaired) electrons. The summed E-state index contributed by atoms with van der Waals surface area (Å²) < 4.78 is 20.5. The van der Waals surface area contributed by atoms with E-state index in [0.29, 0.717) is 5.41 Å². The third kappa shape index (κ3) is 1.63. The van der Waals surface area contributed by atoms with Crippen molar-refractivity contribution in [3.8, 4) is 0 Å². The van der Waals surface area contributed by atoms with Crippen molar-refractivity contribution in [2.24, 2.45) is 0 Å². The molecule has 4 heteroatoms. The minimum atomic E-state index is -3.53. The SMILES string of the molecule is [CH2]C(O)S(=O)(=O)C=C. The van der Waals surface area contributed by atoms with E-state index in [2.05, 4.69) is 13.5 Å². The maximum Gasteiger partial charge on any atom is 0.197 e. The molecule has 0 saturated carbocycles. The van der Waals surface area contributed by atoms with E-state index in [4.69, 9.17) is 5.11 Å². The zero-order valence-corrected chi connectivity index (χ0v) is 5.06. The van der Waals surface area contributed by atoms with E-state index in [0.717, 1.165) is 0 Å². The topological polar surface area (TPSA) is 54.4 Å². The molecule has 0 bridgehead atoms. The highest BCUT2D eigenvalue weighted by molar-refractivity contribution is 7.94. The molecule has 0 heterocycles. The highest BCUT2D eigenvalue weighted by Gasteiger charge is 2.11. The maximum absolute atomic E-state index is 10.3. The number of aliphatic hydroxyl groups is 1. The van der Waals surface area contributed by atoms with Crippen LogP contribution < -0.4 is 0 Å². The van der Waals surface area contributed by atoms with Gasteiger partial charge in [0.15, 0.2) is 15.3 Å². The number of aliphatic hydroxyl groups excluding tert-OH is 1. The lowest BCUT2D eigenvalue weighted by Crippen LogP contribution is -2.13. The molecular weight excluding hydrogens is 128 g/mol. The fourth-order valence-electron chi connectivity index (χ4n) is 0.111. The monoisotopic (exact) mass is 135 g/mol. The molecule has 0 rings (SSSR count). The van der Waals surface area contributed by atoms with Crippen LogP contribution in [-0.4, -0.2) is 19.0 Å². The van der Waals surface area contributed by atoms with Gasteiger partial charge in [0.2, 0.25) is 0 Å². The van der Waals surface area contributed by atoms with Crippen molar-refractivity contribution in [1.82, 2.24) is 0 Å². The van der Waals surface area contributed by atoms with Crippen LogP contribution in [-0.2, 0) is 9.84 Å². The molecule has 0 fully saturated rings. The van der Waals surface area contributed by atoms with Gasteiger partial charge in [-0.15, -0.1) is 0 Å². The molecular formula is C4H7O3S. The Kier molecular flexibility index (Phi) is 2.18. The first-order valence-corrected chi connectivity index (χ1v) is 3.49. The average molecular weight is 135 g/mol. The minimum absolute atomic E-state index is 0.671. The van der Waals surface area contributed by atoms with Crippen molar-refractivity contribution in [2.75, 3.05) is 0 Å². The summed E-state index contributed by atoms with van der Waals surface area (Å²) in [5, 5.41) is 8.98. The van der Waals surface area contributed by atoms with Crippen LogP contribution in [0.2, 0.25) is 0 Å². The minimum Gasteiger partial charge on any atom is -0.377 e. The Labute approximate surface area is 48.6 Å². The van der Waals surface area contributed by atoms with Gasteiger partial charge in [-0.3, -0.25) is 0 Å². The van der Waals surface area contributed by atoms with Crippen molar-refractivity contribution in [1.29, 1.82) is 0 Å². The van der Waals surface area contributed by atoms with E-state index < -0.39 is 15.3 Å². The lowest BCUT2D eigenvalue weighted by atomic mass is 10.9. The molecule has 8 heavy (non-hydrogen) atoms. The molecule has 1 N–H and O–H groups in total. The zero-order chi connectivity index (χ0) is 6.78. The molecule has 0 saturated heterocycles. The molecule has 3 nitrogen and oxygen atoms in total. The first-order chi connectivity index (χ1) is 3.50. The van der Waals surface area contributed by atoms with E-state index in [1.807, 2.05) is 0 Å². The van der Waals surface area contributed by atoms with Gasteiger partial charge < -0.3 is 5.11 Å². The Bertz CT molecular complexity index is 166. The second-order valence-electron chi connectivity index (χ2n) is 1.21. The Morgan fingerprint density at radius 1 is 1.62 bits per heavy atom. The third-order valence-electron chi connectivity index (χ3n) is 0.612. The largest absolute Gasteiger partial charge is 0.377 e. The lowest BCUT2D eigenvalue weighted by molar-refractivity contribution is 0.293. The van der Waals surface area contributed by atoms with E-state index in [9.17, 15) is 8.42 Å². The summed E-state index contributed by atoms with van der Waals surface area (Å²) in [6.45, 7) is 5.84. The zero-order valence-electron chi connectivity index (χ0n) is 4.24. The Morgan fingerprint density at radius 2 is 2.00 bits per heavy atom. The fourth-order valence-corrected chi connectivity index (χ4v) is 0.333. The molecule has 0 aliphatic carbocycles. The predicted molar refractivity (Wildman–Crippen MR) is 30.5 cm³/mol. The fraction of sp³-hybridized carbons (Fsp3) is 0.250. The van der Waals surface area contributed by atoms with Crippen molar-refractivity contribution >= 4 is 9.84 Å². The summed E-state index contributed by atoms with van der Waals surface area (Å²) in [6, 6.07) is 0. The van der Waals surface area contributed by atoms with Gasteiger partial charge >= 0.3 is 0 Å². The molecule has 1 unspecified atom stereocenters. The molecule has 0 aliphatic heterocycles. The van der Waals surface area contributed by atoms with Gasteiger partial charge in [0, 0.05) is 5.41 Å². The number of hydrogen-bond acceptors (Lipinski definition) is 3. The summed E-state index contributed by atoms with van der Waals surface area (Å²) in [7, 11) is -3.53. The molecule has 0 aromatic heterocycles. The van der Waals surface area contributed by atoms with Crippen LogP contribution in [0.25, 0.3) is 0 Å². The standard InChI is InChI=1S/C4H7O3S/c1-3-8(6,7)4(2)5/h3-5H,1-2H2. The molecule has 0 amide bonds. The maximum atomic E-state index is 10.3. The molecule has 0 aromatic rings. The molecule has 0 aliphatic rings. The molecule has 0 spiro atoms. The first kappa shape index (κ1) is 7.65. The van der Waals surface area contributed by atoms with E-state index >= 15 is 0 Å². The van der Waals surface area contributed by atoms with Crippen LogP contribution >= 0.6 is 0 Å². The Hall–Kier alpha value is -0.350. The summed E-state index contributed by atoms with van der Waals surface area (Å²) in [5.41, 5.74) is -1.58. The molecule has 47 valence electrons. The second-order valence-corrected chi connectivity index (χ2v) is 3.27. The summed E-state index contributed by atoms with van der Waals surface area (Å²) in [5.74, 6) is 0. The van der Waals surface area contributed by atoms with Crippen LogP contribution in [0.5, 0.6) is 0 Å². The van der Waals surface area contributed by atoms with Crippen molar-refractivity contribution in [2.45, 2.75) is 5.44 Å². The van der Waals surface area contributed by atoms with Gasteiger partial charge in [0.1, 0.15) is 0 Å². The smallest absolute Gasteiger partial charge is 0.197 e. The highest BCUT2D eigenvalue weighted by atomic mass is 32.2. The van der Waals surface area contributed by atoms with Crippen LogP contribution in [0.3, 0.4) is 0 Å². The van der Waals surface area contributed by atoms with Gasteiger partial charge in [-0.2, -0.15) is 0 Å². The van der Waals surface area contributed by atoms with Crippen LogP contribution in [0.1, 0.15) is 0 Å². The molecule has 0 aromatic carbocycles. The van der Waals surface area contributed by atoms with Crippen LogP contribution in [0.4, 0.5) is 0 Å². The van der Waals surface area contributed by atoms with Gasteiger partial charge in [-0.1, -0.05) is 6.58 Å². The van der Waals surface area contributed by atoms with Gasteiger partial charge in [0.25, 0.3) is 0 Å². The van der Waals surface area contributed by atoms with E-state index in [1.54, 1.807) is 0 Å². The van der Waals surface area contributed by atoms with Crippen LogP contribution in [0.15, 0.2) is 12.0 Å². The lowest BCUT2D eigenvalue weighted by Gasteiger charge is -1.97. The van der Waals surface area contributed by atoms with Crippen LogP contribution in [0, 0.1) is 6.92 Å². The Morgan fingerprint density at radius 3 is 2.00 bits per heavy atom.